The lowest BCUT2D eigenvalue weighted by atomic mass is 10.2. The number of rotatable bonds is 2. The predicted molar refractivity (Wildman–Crippen MR) is 84.7 cm³/mol. The number of alkyl halides is 3. The van der Waals surface area contributed by atoms with Gasteiger partial charge in [0.25, 0.3) is 0 Å². The van der Waals surface area contributed by atoms with Crippen molar-refractivity contribution in [3.8, 4) is 17.2 Å². The molecule has 0 aliphatic carbocycles. The second-order valence-corrected chi connectivity index (χ2v) is 5.57. The first kappa shape index (κ1) is 16.1. The van der Waals surface area contributed by atoms with E-state index in [1.165, 1.54) is 16.8 Å². The van der Waals surface area contributed by atoms with Crippen molar-refractivity contribution < 1.29 is 17.7 Å². The van der Waals surface area contributed by atoms with Crippen molar-refractivity contribution in [3.63, 3.8) is 0 Å². The van der Waals surface area contributed by atoms with Crippen LogP contribution >= 0.6 is 0 Å². The van der Waals surface area contributed by atoms with Gasteiger partial charge in [-0.2, -0.15) is 18.3 Å². The van der Waals surface area contributed by atoms with Crippen LogP contribution in [0.15, 0.2) is 45.7 Å². The molecule has 0 amide bonds. The molecule has 0 aliphatic heterocycles. The number of aryl methyl sites for hydroxylation is 1. The molecule has 7 nitrogen and oxygen atoms in total. The third-order valence-electron chi connectivity index (χ3n) is 3.77. The molecule has 0 fully saturated rings. The van der Waals surface area contributed by atoms with E-state index in [-0.39, 0.29) is 5.82 Å². The van der Waals surface area contributed by atoms with Gasteiger partial charge in [-0.15, -0.1) is 0 Å². The van der Waals surface area contributed by atoms with Crippen LogP contribution in [0, 0.1) is 6.92 Å². The second kappa shape index (κ2) is 5.55. The summed E-state index contributed by atoms with van der Waals surface area (Å²) in [5, 5.41) is 8.54. The minimum absolute atomic E-state index is 0.108. The molecule has 0 saturated heterocycles. The van der Waals surface area contributed by atoms with Gasteiger partial charge in [-0.05, 0) is 43.3 Å². The quantitative estimate of drug-likeness (QED) is 0.593. The Balaban J connectivity index is 1.92. The Morgan fingerprint density at radius 2 is 1.85 bits per heavy atom. The van der Waals surface area contributed by atoms with Crippen molar-refractivity contribution in [3.05, 3.63) is 58.2 Å². The van der Waals surface area contributed by atoms with E-state index in [0.29, 0.717) is 28.1 Å². The van der Waals surface area contributed by atoms with Crippen LogP contribution in [-0.4, -0.2) is 24.9 Å². The van der Waals surface area contributed by atoms with Crippen LogP contribution in [0.2, 0.25) is 0 Å². The molecular weight excluding hydrogens is 351 g/mol. The van der Waals surface area contributed by atoms with Crippen LogP contribution in [0.25, 0.3) is 28.2 Å². The normalized spacial score (nSPS) is 12.0. The molecule has 0 saturated carbocycles. The Morgan fingerprint density at radius 1 is 1.12 bits per heavy atom. The minimum atomic E-state index is -4.43. The van der Waals surface area contributed by atoms with Crippen molar-refractivity contribution in [2.45, 2.75) is 13.1 Å². The SMILES string of the molecule is Cc1ccc2c(-c3noc(=O)[nH]3)nn(-c3ccc(C(F)(F)F)cc3)c2n1. The molecule has 1 N–H and O–H groups in total. The lowest BCUT2D eigenvalue weighted by Crippen LogP contribution is -2.05. The van der Waals surface area contributed by atoms with Crippen molar-refractivity contribution in [2.24, 2.45) is 0 Å². The van der Waals surface area contributed by atoms with Gasteiger partial charge in [-0.3, -0.25) is 9.51 Å². The number of nitrogens with zero attached hydrogens (tertiary/aromatic N) is 4. The second-order valence-electron chi connectivity index (χ2n) is 5.57. The van der Waals surface area contributed by atoms with Gasteiger partial charge in [-0.1, -0.05) is 5.16 Å². The highest BCUT2D eigenvalue weighted by atomic mass is 19.4. The number of fused-ring (bicyclic) bond motifs is 1. The van der Waals surface area contributed by atoms with E-state index in [1.54, 1.807) is 19.1 Å². The van der Waals surface area contributed by atoms with Crippen LogP contribution in [0.5, 0.6) is 0 Å². The summed E-state index contributed by atoms with van der Waals surface area (Å²) in [5.74, 6) is -0.631. The Morgan fingerprint density at radius 3 is 2.46 bits per heavy atom. The van der Waals surface area contributed by atoms with Crippen molar-refractivity contribution in [2.75, 3.05) is 0 Å². The lowest BCUT2D eigenvalue weighted by molar-refractivity contribution is -0.137. The largest absolute Gasteiger partial charge is 0.439 e. The van der Waals surface area contributed by atoms with E-state index < -0.39 is 17.5 Å². The maximum atomic E-state index is 12.8. The van der Waals surface area contributed by atoms with E-state index in [0.717, 1.165) is 12.1 Å². The molecule has 0 aliphatic rings. The number of H-pyrrole nitrogens is 1. The monoisotopic (exact) mass is 361 g/mol. The highest BCUT2D eigenvalue weighted by Crippen LogP contribution is 2.31. The average Bonchev–Trinajstić information content (AvgIpc) is 3.17. The van der Waals surface area contributed by atoms with Crippen LogP contribution in [-0.2, 0) is 6.18 Å². The highest BCUT2D eigenvalue weighted by molar-refractivity contribution is 5.90. The minimum Gasteiger partial charge on any atom is -0.296 e. The Labute approximate surface area is 143 Å². The van der Waals surface area contributed by atoms with Gasteiger partial charge < -0.3 is 0 Å². The molecular formula is C16H10F3N5O2. The maximum Gasteiger partial charge on any atom is 0.439 e. The molecule has 3 heterocycles. The molecule has 0 radical (unpaired) electrons. The summed E-state index contributed by atoms with van der Waals surface area (Å²) in [4.78, 5) is 18.0. The van der Waals surface area contributed by atoms with Gasteiger partial charge in [0.2, 0.25) is 5.82 Å². The van der Waals surface area contributed by atoms with Crippen LogP contribution in [0.4, 0.5) is 13.2 Å². The Hall–Kier alpha value is -3.43. The van der Waals surface area contributed by atoms with Gasteiger partial charge in [-0.25, -0.2) is 14.5 Å². The highest BCUT2D eigenvalue weighted by Gasteiger charge is 2.30. The molecule has 3 aromatic heterocycles. The molecule has 0 spiro atoms. The first-order valence-electron chi connectivity index (χ1n) is 7.43. The first-order valence-corrected chi connectivity index (χ1v) is 7.43. The summed E-state index contributed by atoms with van der Waals surface area (Å²) in [6, 6.07) is 8.03. The molecule has 132 valence electrons. The molecule has 0 atom stereocenters. The number of pyridine rings is 1. The van der Waals surface area contributed by atoms with E-state index in [2.05, 4.69) is 24.7 Å². The predicted octanol–water partition coefficient (Wildman–Crippen LogP) is 3.09. The fourth-order valence-electron chi connectivity index (χ4n) is 2.57. The zero-order valence-electron chi connectivity index (χ0n) is 13.2. The lowest BCUT2D eigenvalue weighted by Gasteiger charge is -2.08. The third kappa shape index (κ3) is 2.65. The van der Waals surface area contributed by atoms with Crippen LogP contribution < -0.4 is 5.76 Å². The number of aromatic amines is 1. The van der Waals surface area contributed by atoms with Crippen molar-refractivity contribution in [1.29, 1.82) is 0 Å². The number of hydrogen-bond acceptors (Lipinski definition) is 5. The number of hydrogen-bond donors (Lipinski definition) is 1. The van der Waals surface area contributed by atoms with Crippen LogP contribution in [0.3, 0.4) is 0 Å². The fraction of sp³-hybridized carbons (Fsp3) is 0.125. The first-order chi connectivity index (χ1) is 12.3. The summed E-state index contributed by atoms with van der Waals surface area (Å²) in [6.07, 6.45) is -4.43. The van der Waals surface area contributed by atoms with Gasteiger partial charge in [0.15, 0.2) is 5.65 Å². The fourth-order valence-corrected chi connectivity index (χ4v) is 2.57. The topological polar surface area (TPSA) is 89.6 Å². The van der Waals surface area contributed by atoms with E-state index in [9.17, 15) is 18.0 Å². The molecule has 4 aromatic rings. The standard InChI is InChI=1S/C16H10F3N5O2/c1-8-2-7-11-12(13-21-15(25)26-23-13)22-24(14(11)20-8)10-5-3-9(4-6-10)16(17,18)19/h2-7H,1H3,(H,21,23,25). The summed E-state index contributed by atoms with van der Waals surface area (Å²) in [5.41, 5.74) is 1.05. The molecule has 4 rings (SSSR count). The van der Waals surface area contributed by atoms with Gasteiger partial charge in [0, 0.05) is 5.69 Å². The van der Waals surface area contributed by atoms with Gasteiger partial charge in [0.05, 0.1) is 16.6 Å². The molecule has 0 unspecified atom stereocenters. The van der Waals surface area contributed by atoms with Gasteiger partial charge >= 0.3 is 11.9 Å². The number of nitrogens with one attached hydrogen (secondary N) is 1. The molecule has 10 heteroatoms. The Kier molecular flexibility index (Phi) is 3.43. The maximum absolute atomic E-state index is 12.8. The van der Waals surface area contributed by atoms with Crippen LogP contribution in [0.1, 0.15) is 11.3 Å². The molecule has 0 bridgehead atoms. The van der Waals surface area contributed by atoms with E-state index >= 15 is 0 Å². The van der Waals surface area contributed by atoms with Crippen molar-refractivity contribution in [1.82, 2.24) is 24.9 Å². The van der Waals surface area contributed by atoms with E-state index in [4.69, 9.17) is 0 Å². The number of aromatic nitrogens is 5. The number of benzene rings is 1. The third-order valence-corrected chi connectivity index (χ3v) is 3.77. The molecule has 1 aromatic carbocycles. The smallest absolute Gasteiger partial charge is 0.296 e. The summed E-state index contributed by atoms with van der Waals surface area (Å²) < 4.78 is 44.2. The van der Waals surface area contributed by atoms with Crippen molar-refractivity contribution >= 4 is 11.0 Å². The van der Waals surface area contributed by atoms with E-state index in [1.807, 2.05) is 0 Å². The summed E-state index contributed by atoms with van der Waals surface area (Å²) in [6.45, 7) is 1.78. The summed E-state index contributed by atoms with van der Waals surface area (Å²) >= 11 is 0. The zero-order chi connectivity index (χ0) is 18.5. The zero-order valence-corrected chi connectivity index (χ0v) is 13.2. The summed E-state index contributed by atoms with van der Waals surface area (Å²) in [7, 11) is 0. The Bertz CT molecular complexity index is 1160. The number of halogens is 3. The van der Waals surface area contributed by atoms with Gasteiger partial charge in [0.1, 0.15) is 5.69 Å². The average molecular weight is 361 g/mol. The molecule has 26 heavy (non-hydrogen) atoms.